The Labute approximate surface area is 117 Å². The summed E-state index contributed by atoms with van der Waals surface area (Å²) in [5.74, 6) is 0.0414. The van der Waals surface area contributed by atoms with E-state index in [-0.39, 0.29) is 22.7 Å². The van der Waals surface area contributed by atoms with Crippen molar-refractivity contribution in [3.63, 3.8) is 0 Å². The number of hydrogen-bond acceptors (Lipinski definition) is 5. The molecule has 0 fully saturated rings. The molecule has 3 N–H and O–H groups in total. The second-order valence-electron chi connectivity index (χ2n) is 5.88. The first-order chi connectivity index (χ1) is 9.20. The molecule has 5 heteroatoms. The van der Waals surface area contributed by atoms with Gasteiger partial charge in [0.05, 0.1) is 5.69 Å². The Bertz CT molecular complexity index is 699. The molecule has 0 aromatic heterocycles. The van der Waals surface area contributed by atoms with Gasteiger partial charge in [-0.25, -0.2) is 0 Å². The first-order valence-corrected chi connectivity index (χ1v) is 6.38. The lowest BCUT2D eigenvalue weighted by atomic mass is 10.1. The number of phenolic OH excluding ortho intramolecular Hbond substituents is 1. The number of para-hydroxylation sites is 1. The molecule has 0 aliphatic heterocycles. The lowest BCUT2D eigenvalue weighted by Crippen LogP contribution is -2.41. The van der Waals surface area contributed by atoms with Crippen LogP contribution in [0.1, 0.15) is 26.3 Å². The maximum atomic E-state index is 11.7. The molecule has 0 saturated carbocycles. The molecule has 5 nitrogen and oxygen atoms in total. The van der Waals surface area contributed by atoms with Crippen LogP contribution in [0.25, 0.3) is 0 Å². The average molecular weight is 274 g/mol. The number of aromatic hydroxyl groups is 1. The van der Waals surface area contributed by atoms with Crippen LogP contribution in [-0.2, 0) is 0 Å². The molecule has 0 bridgehead atoms. The van der Waals surface area contributed by atoms with Crippen molar-refractivity contribution in [2.75, 3.05) is 10.6 Å². The van der Waals surface area contributed by atoms with Crippen LogP contribution in [0.5, 0.6) is 5.75 Å². The molecule has 0 aliphatic rings. The molecular weight excluding hydrogens is 256 g/mol. The number of hydrogen-bond donors (Lipinski definition) is 3. The van der Waals surface area contributed by atoms with Gasteiger partial charge in [-0.1, -0.05) is 12.1 Å². The smallest absolute Gasteiger partial charge is 0.253 e. The van der Waals surface area contributed by atoms with Crippen LogP contribution >= 0.6 is 0 Å². The van der Waals surface area contributed by atoms with E-state index in [1.165, 1.54) is 6.07 Å². The maximum Gasteiger partial charge on any atom is 0.253 e. The number of aryl methyl sites for hydroxylation is 1. The fourth-order valence-electron chi connectivity index (χ4n) is 1.95. The lowest BCUT2D eigenvalue weighted by molar-refractivity contribution is 0.477. The monoisotopic (exact) mass is 274 g/mol. The highest BCUT2D eigenvalue weighted by atomic mass is 16.3. The predicted octanol–water partition coefficient (Wildman–Crippen LogP) is 2.25. The highest BCUT2D eigenvalue weighted by molar-refractivity contribution is 5.81. The van der Waals surface area contributed by atoms with Crippen LogP contribution in [0.2, 0.25) is 0 Å². The molecule has 0 saturated heterocycles. The van der Waals surface area contributed by atoms with Gasteiger partial charge in [-0.3, -0.25) is 9.59 Å². The minimum atomic E-state index is -0.570. The minimum absolute atomic E-state index is 0.0414. The molecule has 106 valence electrons. The van der Waals surface area contributed by atoms with Crippen molar-refractivity contribution >= 4 is 17.1 Å². The van der Waals surface area contributed by atoms with Gasteiger partial charge in [0.25, 0.3) is 10.9 Å². The summed E-state index contributed by atoms with van der Waals surface area (Å²) in [7, 11) is 0. The van der Waals surface area contributed by atoms with Gasteiger partial charge < -0.3 is 15.7 Å². The fraction of sp³-hybridized carbons (Fsp3) is 0.333. The molecule has 0 aliphatic carbocycles. The SMILES string of the molecule is Cc1cccc(O)c1Nc1c(NC(C)(C)C)c(=O)c1=O. The summed E-state index contributed by atoms with van der Waals surface area (Å²) in [6.07, 6.45) is 0. The summed E-state index contributed by atoms with van der Waals surface area (Å²) in [6, 6.07) is 5.05. The maximum absolute atomic E-state index is 11.7. The van der Waals surface area contributed by atoms with Crippen molar-refractivity contribution in [3.8, 4) is 5.75 Å². The highest BCUT2D eigenvalue weighted by Crippen LogP contribution is 2.31. The van der Waals surface area contributed by atoms with Gasteiger partial charge in [-0.05, 0) is 39.3 Å². The Morgan fingerprint density at radius 1 is 1.00 bits per heavy atom. The van der Waals surface area contributed by atoms with Crippen molar-refractivity contribution in [2.45, 2.75) is 33.2 Å². The van der Waals surface area contributed by atoms with Crippen LogP contribution in [0.3, 0.4) is 0 Å². The zero-order chi connectivity index (χ0) is 15.1. The quantitative estimate of drug-likeness (QED) is 0.591. The molecule has 0 spiro atoms. The number of nitrogens with one attached hydrogen (secondary N) is 2. The molecule has 0 radical (unpaired) electrons. The number of phenols is 1. The lowest BCUT2D eigenvalue weighted by Gasteiger charge is -2.25. The average Bonchev–Trinajstić information content (AvgIpc) is 2.34. The van der Waals surface area contributed by atoms with Crippen LogP contribution < -0.4 is 21.5 Å². The van der Waals surface area contributed by atoms with E-state index in [1.54, 1.807) is 6.07 Å². The second-order valence-corrected chi connectivity index (χ2v) is 5.88. The first-order valence-electron chi connectivity index (χ1n) is 6.38. The molecule has 0 heterocycles. The van der Waals surface area contributed by atoms with Gasteiger partial charge in [0.1, 0.15) is 17.1 Å². The largest absolute Gasteiger partial charge is 0.506 e. The van der Waals surface area contributed by atoms with E-state index in [2.05, 4.69) is 10.6 Å². The van der Waals surface area contributed by atoms with Crippen LogP contribution in [0, 0.1) is 6.92 Å². The van der Waals surface area contributed by atoms with Crippen LogP contribution in [-0.4, -0.2) is 10.6 Å². The van der Waals surface area contributed by atoms with Gasteiger partial charge in [-0.2, -0.15) is 0 Å². The topological polar surface area (TPSA) is 78.4 Å². The van der Waals surface area contributed by atoms with E-state index in [1.807, 2.05) is 33.8 Å². The van der Waals surface area contributed by atoms with Crippen molar-refractivity contribution in [2.24, 2.45) is 0 Å². The fourth-order valence-corrected chi connectivity index (χ4v) is 1.95. The third-order valence-corrected chi connectivity index (χ3v) is 2.91. The second kappa shape index (κ2) is 4.67. The molecule has 0 amide bonds. The van der Waals surface area contributed by atoms with E-state index < -0.39 is 10.9 Å². The van der Waals surface area contributed by atoms with E-state index in [0.717, 1.165) is 5.56 Å². The zero-order valence-electron chi connectivity index (χ0n) is 12.0. The highest BCUT2D eigenvalue weighted by Gasteiger charge is 2.25. The molecule has 2 aromatic carbocycles. The van der Waals surface area contributed by atoms with Crippen molar-refractivity contribution in [1.82, 2.24) is 0 Å². The van der Waals surface area contributed by atoms with Crippen molar-refractivity contribution < 1.29 is 5.11 Å². The van der Waals surface area contributed by atoms with Gasteiger partial charge in [0.15, 0.2) is 0 Å². The Hall–Kier alpha value is -2.30. The Morgan fingerprint density at radius 2 is 1.60 bits per heavy atom. The summed E-state index contributed by atoms with van der Waals surface area (Å²) >= 11 is 0. The molecule has 2 rings (SSSR count). The Morgan fingerprint density at radius 3 is 2.15 bits per heavy atom. The van der Waals surface area contributed by atoms with Gasteiger partial charge in [-0.15, -0.1) is 0 Å². The third kappa shape index (κ3) is 2.52. The molecule has 0 unspecified atom stereocenters. The third-order valence-electron chi connectivity index (χ3n) is 2.91. The van der Waals surface area contributed by atoms with Crippen molar-refractivity contribution in [1.29, 1.82) is 0 Å². The van der Waals surface area contributed by atoms with E-state index in [0.29, 0.717) is 5.69 Å². The number of rotatable bonds is 3. The zero-order valence-corrected chi connectivity index (χ0v) is 12.0. The first kappa shape index (κ1) is 14.1. The Kier molecular flexibility index (Phi) is 3.29. The normalized spacial score (nSPS) is 11.6. The van der Waals surface area contributed by atoms with E-state index in [4.69, 9.17) is 0 Å². The summed E-state index contributed by atoms with van der Waals surface area (Å²) < 4.78 is 0. The van der Waals surface area contributed by atoms with Crippen LogP contribution in [0.15, 0.2) is 27.8 Å². The van der Waals surface area contributed by atoms with Crippen LogP contribution in [0.4, 0.5) is 17.1 Å². The molecule has 20 heavy (non-hydrogen) atoms. The molecule has 2 aromatic rings. The van der Waals surface area contributed by atoms with Crippen molar-refractivity contribution in [3.05, 3.63) is 44.2 Å². The minimum Gasteiger partial charge on any atom is -0.506 e. The van der Waals surface area contributed by atoms with E-state index >= 15 is 0 Å². The van der Waals surface area contributed by atoms with Gasteiger partial charge >= 0.3 is 0 Å². The summed E-state index contributed by atoms with van der Waals surface area (Å²) in [4.78, 5) is 23.3. The Balaban J connectivity index is 2.39. The molecular formula is C15H18N2O3. The summed E-state index contributed by atoms with van der Waals surface area (Å²) in [5, 5.41) is 15.7. The molecule has 0 atom stereocenters. The summed E-state index contributed by atoms with van der Waals surface area (Å²) in [5.41, 5.74) is 0.276. The predicted molar refractivity (Wildman–Crippen MR) is 80.9 cm³/mol. The standard InChI is InChI=1S/C15H18N2O3/c1-8-6-5-7-9(18)10(8)16-11-12(14(20)13(11)19)17-15(2,3)4/h5-7,16-18H,1-4H3. The number of benzene rings is 1. The summed E-state index contributed by atoms with van der Waals surface area (Å²) in [6.45, 7) is 7.52. The van der Waals surface area contributed by atoms with Gasteiger partial charge in [0.2, 0.25) is 0 Å². The van der Waals surface area contributed by atoms with Gasteiger partial charge in [0, 0.05) is 5.54 Å². The number of anilines is 3. The van der Waals surface area contributed by atoms with E-state index in [9.17, 15) is 14.7 Å².